The van der Waals surface area contributed by atoms with Crippen molar-refractivity contribution in [1.29, 1.82) is 0 Å². The molecule has 10 heavy (non-hydrogen) atoms. The van der Waals surface area contributed by atoms with Crippen molar-refractivity contribution >= 4 is 6.09 Å². The van der Waals surface area contributed by atoms with Crippen LogP contribution in [0.2, 0.25) is 0 Å². The number of hydrogen-bond donors (Lipinski definition) is 1. The van der Waals surface area contributed by atoms with Crippen molar-refractivity contribution in [2.45, 2.75) is 19.3 Å². The van der Waals surface area contributed by atoms with E-state index >= 15 is 0 Å². The molecule has 0 aromatic rings. The molecule has 0 fully saturated rings. The molecule has 0 saturated heterocycles. The van der Waals surface area contributed by atoms with Crippen molar-refractivity contribution in [3.63, 3.8) is 0 Å². The summed E-state index contributed by atoms with van der Waals surface area (Å²) in [7, 11) is 0. The van der Waals surface area contributed by atoms with Gasteiger partial charge >= 0.3 is 6.09 Å². The number of halogens is 2. The molecule has 0 rings (SSSR count). The third-order valence-electron chi connectivity index (χ3n) is 0.785. The number of amides is 1. The Morgan fingerprint density at radius 2 is 2.20 bits per heavy atom. The van der Waals surface area contributed by atoms with Crippen LogP contribution < -0.4 is 5.73 Å². The summed E-state index contributed by atoms with van der Waals surface area (Å²) in [4.78, 5) is 9.84. The van der Waals surface area contributed by atoms with Gasteiger partial charge in [-0.3, -0.25) is 0 Å². The lowest BCUT2D eigenvalue weighted by Gasteiger charge is -2.08. The van der Waals surface area contributed by atoms with E-state index in [0.29, 0.717) is 0 Å². The molecule has 0 bridgehead atoms. The zero-order chi connectivity index (χ0) is 8.20. The molecule has 0 atom stereocenters. The van der Waals surface area contributed by atoms with E-state index in [1.807, 2.05) is 0 Å². The van der Waals surface area contributed by atoms with Crippen molar-refractivity contribution in [2.75, 3.05) is 6.61 Å². The number of carbonyl (C=O) groups is 1. The Morgan fingerprint density at radius 3 is 2.50 bits per heavy atom. The van der Waals surface area contributed by atoms with E-state index in [9.17, 15) is 13.6 Å². The third kappa shape index (κ3) is 7.13. The minimum atomic E-state index is -2.80. The number of primary amides is 1. The molecule has 0 aromatic heterocycles. The van der Waals surface area contributed by atoms with E-state index in [-0.39, 0.29) is 6.61 Å². The van der Waals surface area contributed by atoms with Gasteiger partial charge in [-0.25, -0.2) is 13.6 Å². The molecular formula is C5H9F2NO2. The van der Waals surface area contributed by atoms with Gasteiger partial charge in [0.1, 0.15) is 0 Å². The fourth-order valence-corrected chi connectivity index (χ4v) is 0.331. The molecule has 0 saturated carbocycles. The van der Waals surface area contributed by atoms with E-state index in [1.54, 1.807) is 0 Å². The van der Waals surface area contributed by atoms with Crippen LogP contribution in [0.5, 0.6) is 0 Å². The molecule has 0 aromatic carbocycles. The summed E-state index contributed by atoms with van der Waals surface area (Å²) in [5.74, 6) is -2.80. The number of carbonyl (C=O) groups excluding carboxylic acids is 1. The van der Waals surface area contributed by atoms with Gasteiger partial charge in [0.15, 0.2) is 0 Å². The smallest absolute Gasteiger partial charge is 0.404 e. The summed E-state index contributed by atoms with van der Waals surface area (Å²) < 4.78 is 28.0. The minimum Gasteiger partial charge on any atom is -0.449 e. The Balaban J connectivity index is 3.29. The first-order valence-corrected chi connectivity index (χ1v) is 2.72. The van der Waals surface area contributed by atoms with Gasteiger partial charge in [0.25, 0.3) is 0 Å². The van der Waals surface area contributed by atoms with Crippen LogP contribution in [0.3, 0.4) is 0 Å². The second-order valence-corrected chi connectivity index (χ2v) is 1.99. The summed E-state index contributed by atoms with van der Waals surface area (Å²) in [6.45, 7) is 0.413. The van der Waals surface area contributed by atoms with Crippen molar-refractivity contribution in [2.24, 2.45) is 5.73 Å². The Kier molecular flexibility index (Phi) is 3.05. The molecule has 1 amide bonds. The van der Waals surface area contributed by atoms with Crippen molar-refractivity contribution < 1.29 is 18.3 Å². The molecule has 5 heteroatoms. The molecule has 2 N–H and O–H groups in total. The zero-order valence-electron chi connectivity index (χ0n) is 5.56. The monoisotopic (exact) mass is 153 g/mol. The number of alkyl halides is 2. The molecule has 3 nitrogen and oxygen atoms in total. The largest absolute Gasteiger partial charge is 0.449 e. The fourth-order valence-electron chi connectivity index (χ4n) is 0.331. The quantitative estimate of drug-likeness (QED) is 0.660. The highest BCUT2D eigenvalue weighted by Crippen LogP contribution is 2.15. The molecule has 0 unspecified atom stereocenters. The van der Waals surface area contributed by atoms with Crippen LogP contribution in [-0.2, 0) is 4.74 Å². The molecule has 60 valence electrons. The number of rotatable bonds is 3. The van der Waals surface area contributed by atoms with Gasteiger partial charge in [0.2, 0.25) is 5.92 Å². The van der Waals surface area contributed by atoms with Crippen LogP contribution in [0.4, 0.5) is 13.6 Å². The summed E-state index contributed by atoms with van der Waals surface area (Å²) in [6, 6.07) is 0. The Hall–Kier alpha value is -0.870. The van der Waals surface area contributed by atoms with Crippen LogP contribution >= 0.6 is 0 Å². The first-order chi connectivity index (χ1) is 4.42. The van der Waals surface area contributed by atoms with Gasteiger partial charge < -0.3 is 10.5 Å². The minimum absolute atomic E-state index is 0.334. The average Bonchev–Trinajstić information content (AvgIpc) is 1.59. The SMILES string of the molecule is CC(F)(F)CCOC(N)=O. The lowest BCUT2D eigenvalue weighted by atomic mass is 10.3. The van der Waals surface area contributed by atoms with Gasteiger partial charge in [-0.15, -0.1) is 0 Å². The Labute approximate surface area is 57.1 Å². The molecule has 0 heterocycles. The maximum atomic E-state index is 11.9. The van der Waals surface area contributed by atoms with Crippen LogP contribution in [0.25, 0.3) is 0 Å². The lowest BCUT2D eigenvalue weighted by molar-refractivity contribution is -0.00427. The third-order valence-corrected chi connectivity index (χ3v) is 0.785. The molecule has 0 aliphatic rings. The average molecular weight is 153 g/mol. The number of ether oxygens (including phenoxy) is 1. The zero-order valence-corrected chi connectivity index (χ0v) is 5.56. The van der Waals surface area contributed by atoms with Crippen LogP contribution in [0.1, 0.15) is 13.3 Å². The van der Waals surface area contributed by atoms with Crippen molar-refractivity contribution in [3.8, 4) is 0 Å². The highest BCUT2D eigenvalue weighted by Gasteiger charge is 2.20. The number of hydrogen-bond acceptors (Lipinski definition) is 2. The molecule has 0 spiro atoms. The van der Waals surface area contributed by atoms with Gasteiger partial charge in [-0.1, -0.05) is 0 Å². The van der Waals surface area contributed by atoms with E-state index in [0.717, 1.165) is 6.92 Å². The molecule has 0 aliphatic heterocycles. The maximum absolute atomic E-state index is 11.9. The van der Waals surface area contributed by atoms with Gasteiger partial charge in [-0.2, -0.15) is 0 Å². The predicted molar refractivity (Wildman–Crippen MR) is 30.8 cm³/mol. The standard InChI is InChI=1S/C5H9F2NO2/c1-5(6,7)2-3-10-4(8)9/h2-3H2,1H3,(H2,8,9). The van der Waals surface area contributed by atoms with E-state index in [4.69, 9.17) is 0 Å². The summed E-state index contributed by atoms with van der Waals surface area (Å²) in [5, 5.41) is 0. The van der Waals surface area contributed by atoms with Gasteiger partial charge in [0, 0.05) is 6.42 Å². The van der Waals surface area contributed by atoms with E-state index in [1.165, 1.54) is 0 Å². The summed E-state index contributed by atoms with van der Waals surface area (Å²) >= 11 is 0. The van der Waals surface area contributed by atoms with Crippen molar-refractivity contribution in [3.05, 3.63) is 0 Å². The second kappa shape index (κ2) is 3.34. The first-order valence-electron chi connectivity index (χ1n) is 2.72. The van der Waals surface area contributed by atoms with E-state index < -0.39 is 18.4 Å². The predicted octanol–water partition coefficient (Wildman–Crippen LogP) is 1.13. The molecule has 0 aliphatic carbocycles. The molecular weight excluding hydrogens is 144 g/mol. The Bertz CT molecular complexity index is 121. The first kappa shape index (κ1) is 9.13. The maximum Gasteiger partial charge on any atom is 0.404 e. The van der Waals surface area contributed by atoms with Crippen LogP contribution in [-0.4, -0.2) is 18.6 Å². The normalized spacial score (nSPS) is 11.1. The fraction of sp³-hybridized carbons (Fsp3) is 0.800. The van der Waals surface area contributed by atoms with Crippen LogP contribution in [0, 0.1) is 0 Å². The molecule has 0 radical (unpaired) electrons. The van der Waals surface area contributed by atoms with Crippen molar-refractivity contribution in [1.82, 2.24) is 0 Å². The van der Waals surface area contributed by atoms with Gasteiger partial charge in [0.05, 0.1) is 6.61 Å². The number of nitrogens with two attached hydrogens (primary N) is 1. The summed E-state index contributed by atoms with van der Waals surface area (Å²) in [5.41, 5.74) is 4.52. The second-order valence-electron chi connectivity index (χ2n) is 1.99. The van der Waals surface area contributed by atoms with Gasteiger partial charge in [-0.05, 0) is 6.92 Å². The summed E-state index contributed by atoms with van der Waals surface area (Å²) in [6.07, 6.45) is -1.51. The lowest BCUT2D eigenvalue weighted by Crippen LogP contribution is -2.19. The van der Waals surface area contributed by atoms with Crippen LogP contribution in [0.15, 0.2) is 0 Å². The topological polar surface area (TPSA) is 52.3 Å². The highest BCUT2D eigenvalue weighted by atomic mass is 19.3. The van der Waals surface area contributed by atoms with E-state index in [2.05, 4.69) is 10.5 Å². The highest BCUT2D eigenvalue weighted by molar-refractivity contribution is 5.64. The Morgan fingerprint density at radius 1 is 1.70 bits per heavy atom.